The maximum atomic E-state index is 13.3. The average Bonchev–Trinajstić information content (AvgIpc) is 3.34. The van der Waals surface area contributed by atoms with Crippen LogP contribution in [0.4, 0.5) is 5.00 Å². The van der Waals surface area contributed by atoms with Gasteiger partial charge in [0.05, 0.1) is 17.7 Å². The van der Waals surface area contributed by atoms with Crippen molar-refractivity contribution < 1.29 is 23.9 Å². The molecule has 0 atom stereocenters. The summed E-state index contributed by atoms with van der Waals surface area (Å²) in [5.74, 6) is -2.16. The molecule has 0 unspecified atom stereocenters. The number of amides is 3. The third-order valence-corrected chi connectivity index (χ3v) is 6.00. The third kappa shape index (κ3) is 4.27. The summed E-state index contributed by atoms with van der Waals surface area (Å²) in [5, 5.41) is 8.90. The maximum Gasteiger partial charge on any atom is 0.359 e. The molecule has 0 saturated carbocycles. The number of thiophene rings is 1. The lowest BCUT2D eigenvalue weighted by Gasteiger charge is -2.13. The number of imide groups is 1. The molecule has 1 saturated heterocycles. The molecule has 2 aromatic heterocycles. The van der Waals surface area contributed by atoms with Gasteiger partial charge < -0.3 is 10.1 Å². The van der Waals surface area contributed by atoms with Crippen molar-refractivity contribution >= 4 is 50.8 Å². The molecule has 1 aromatic carbocycles. The highest BCUT2D eigenvalue weighted by Crippen LogP contribution is 2.30. The second kappa shape index (κ2) is 8.94. The number of fused-ring (bicyclic) bond motifs is 1. The lowest BCUT2D eigenvalue weighted by atomic mass is 10.2. The molecule has 11 heteroatoms. The van der Waals surface area contributed by atoms with Gasteiger partial charge in [-0.25, -0.2) is 4.79 Å². The summed E-state index contributed by atoms with van der Waals surface area (Å²) < 4.78 is 6.19. The number of carbonyl (C=O) groups excluding carboxylic acids is 4. The van der Waals surface area contributed by atoms with Crippen LogP contribution in [0.3, 0.4) is 0 Å². The molecule has 3 aromatic rings. The highest BCUT2D eigenvalue weighted by atomic mass is 32.1. The Hall–Kier alpha value is -3.86. The van der Waals surface area contributed by atoms with Gasteiger partial charge in [-0.1, -0.05) is 17.7 Å². The summed E-state index contributed by atoms with van der Waals surface area (Å²) in [4.78, 5) is 63.0. The van der Waals surface area contributed by atoms with Crippen LogP contribution in [0.2, 0.25) is 0 Å². The van der Waals surface area contributed by atoms with Gasteiger partial charge in [-0.05, 0) is 26.0 Å². The van der Waals surface area contributed by atoms with Gasteiger partial charge in [0.25, 0.3) is 5.56 Å². The van der Waals surface area contributed by atoms with Crippen LogP contribution < -0.4 is 10.9 Å². The van der Waals surface area contributed by atoms with E-state index in [1.165, 1.54) is 5.38 Å². The first-order valence-corrected chi connectivity index (χ1v) is 11.1. The van der Waals surface area contributed by atoms with Crippen molar-refractivity contribution in [2.75, 3.05) is 18.5 Å². The van der Waals surface area contributed by atoms with Crippen LogP contribution in [0.25, 0.3) is 16.5 Å². The number of nitrogens with one attached hydrogen (secondary N) is 1. The molecule has 0 radical (unpaired) electrons. The minimum absolute atomic E-state index is 0.0614. The maximum absolute atomic E-state index is 13.3. The summed E-state index contributed by atoms with van der Waals surface area (Å²) in [6, 6.07) is 7.00. The predicted molar refractivity (Wildman–Crippen MR) is 120 cm³/mol. The predicted octanol–water partition coefficient (Wildman–Crippen LogP) is 2.02. The van der Waals surface area contributed by atoms with Crippen LogP contribution in [-0.4, -0.2) is 51.5 Å². The number of hydrogen-bond acceptors (Lipinski definition) is 8. The monoisotopic (exact) mass is 468 g/mol. The molecule has 1 aliphatic heterocycles. The van der Waals surface area contributed by atoms with E-state index in [9.17, 15) is 24.0 Å². The number of aryl methyl sites for hydroxylation is 1. The zero-order chi connectivity index (χ0) is 23.7. The quantitative estimate of drug-likeness (QED) is 0.433. The van der Waals surface area contributed by atoms with Crippen molar-refractivity contribution in [1.29, 1.82) is 0 Å². The van der Waals surface area contributed by atoms with Gasteiger partial charge in [-0.2, -0.15) is 9.78 Å². The number of aromatic nitrogens is 2. The lowest BCUT2D eigenvalue weighted by molar-refractivity contribution is -0.141. The Labute approximate surface area is 191 Å². The number of benzene rings is 1. The van der Waals surface area contributed by atoms with Crippen molar-refractivity contribution in [2.24, 2.45) is 0 Å². The number of esters is 1. The fraction of sp³-hybridized carbons (Fsp3) is 0.273. The Kier molecular flexibility index (Phi) is 6.05. The Balaban J connectivity index is 1.78. The largest absolute Gasteiger partial charge is 0.461 e. The Morgan fingerprint density at radius 3 is 2.42 bits per heavy atom. The number of carbonyl (C=O) groups is 4. The molecule has 1 fully saturated rings. The number of ether oxygens (including phenoxy) is 1. The molecule has 0 spiro atoms. The Morgan fingerprint density at radius 1 is 1.12 bits per heavy atom. The summed E-state index contributed by atoms with van der Waals surface area (Å²) in [5.41, 5.74) is 0.822. The highest BCUT2D eigenvalue weighted by Gasteiger charge is 2.31. The Morgan fingerprint density at radius 2 is 1.79 bits per heavy atom. The van der Waals surface area contributed by atoms with Crippen molar-refractivity contribution in [3.05, 3.63) is 51.3 Å². The molecule has 0 bridgehead atoms. The van der Waals surface area contributed by atoms with Crippen molar-refractivity contribution in [3.8, 4) is 5.69 Å². The second-order valence-corrected chi connectivity index (χ2v) is 8.28. The summed E-state index contributed by atoms with van der Waals surface area (Å²) in [7, 11) is 0. The van der Waals surface area contributed by atoms with Gasteiger partial charge in [0.15, 0.2) is 5.69 Å². The van der Waals surface area contributed by atoms with Crippen LogP contribution in [0.15, 0.2) is 34.4 Å². The number of nitrogens with zero attached hydrogens (tertiary/aromatic N) is 3. The van der Waals surface area contributed by atoms with Crippen LogP contribution in [0, 0.1) is 6.92 Å². The second-order valence-electron chi connectivity index (χ2n) is 7.40. The summed E-state index contributed by atoms with van der Waals surface area (Å²) in [6.07, 6.45) is 0.147. The summed E-state index contributed by atoms with van der Waals surface area (Å²) in [6.45, 7) is 3.23. The first kappa shape index (κ1) is 22.3. The van der Waals surface area contributed by atoms with Gasteiger partial charge in [0, 0.05) is 23.6 Å². The van der Waals surface area contributed by atoms with Crippen molar-refractivity contribution in [3.63, 3.8) is 0 Å². The van der Waals surface area contributed by atoms with E-state index in [0.29, 0.717) is 5.69 Å². The van der Waals surface area contributed by atoms with E-state index in [1.54, 1.807) is 31.2 Å². The average molecular weight is 468 g/mol. The molecule has 0 aliphatic carbocycles. The van der Waals surface area contributed by atoms with Gasteiger partial charge >= 0.3 is 5.97 Å². The van der Waals surface area contributed by atoms with Gasteiger partial charge in [0.2, 0.25) is 17.7 Å². The van der Waals surface area contributed by atoms with Gasteiger partial charge in [-0.15, -0.1) is 11.3 Å². The number of likely N-dealkylation sites (tertiary alicyclic amines) is 1. The van der Waals surface area contributed by atoms with Gasteiger partial charge in [-0.3, -0.25) is 24.1 Å². The summed E-state index contributed by atoms with van der Waals surface area (Å²) >= 11 is 1.04. The van der Waals surface area contributed by atoms with Crippen LogP contribution in [-0.2, 0) is 19.1 Å². The third-order valence-electron chi connectivity index (χ3n) is 5.11. The van der Waals surface area contributed by atoms with E-state index in [2.05, 4.69) is 10.4 Å². The molecular formula is C22H20N4O6S. The highest BCUT2D eigenvalue weighted by molar-refractivity contribution is 7.16. The van der Waals surface area contributed by atoms with E-state index in [1.807, 2.05) is 6.92 Å². The first-order chi connectivity index (χ1) is 15.8. The minimum atomic E-state index is -0.702. The SMILES string of the molecule is CCOC(=O)c1nn(-c2ccc(C)cc2)c(=O)c2c(NC(=O)CN3C(=O)CCC3=O)scc12. The zero-order valence-corrected chi connectivity index (χ0v) is 18.7. The molecule has 3 amide bonds. The number of rotatable bonds is 6. The van der Waals surface area contributed by atoms with Crippen LogP contribution in [0.5, 0.6) is 0 Å². The van der Waals surface area contributed by atoms with E-state index in [-0.39, 0.29) is 40.9 Å². The normalized spacial score (nSPS) is 13.6. The molecular weight excluding hydrogens is 448 g/mol. The standard InChI is InChI=1S/C22H20N4O6S/c1-3-32-22(31)19-14-11-33-20(23-15(27)10-25-16(28)8-9-17(25)29)18(14)21(30)26(24-19)13-6-4-12(2)5-7-13/h4-7,11H,3,8-10H2,1-2H3,(H,23,27). The Bertz CT molecular complexity index is 1330. The van der Waals surface area contributed by atoms with Crippen molar-refractivity contribution in [2.45, 2.75) is 26.7 Å². The van der Waals surface area contributed by atoms with E-state index in [0.717, 1.165) is 26.5 Å². The van der Waals surface area contributed by atoms with E-state index in [4.69, 9.17) is 4.74 Å². The lowest BCUT2D eigenvalue weighted by Crippen LogP contribution is -2.37. The molecule has 1 aliphatic rings. The number of hydrogen-bond donors (Lipinski definition) is 1. The molecule has 1 N–H and O–H groups in total. The van der Waals surface area contributed by atoms with E-state index < -0.39 is 35.8 Å². The van der Waals surface area contributed by atoms with Crippen molar-refractivity contribution in [1.82, 2.24) is 14.7 Å². The molecule has 3 heterocycles. The van der Waals surface area contributed by atoms with E-state index >= 15 is 0 Å². The number of anilines is 1. The van der Waals surface area contributed by atoms with Crippen LogP contribution in [0.1, 0.15) is 35.8 Å². The minimum Gasteiger partial charge on any atom is -0.461 e. The zero-order valence-electron chi connectivity index (χ0n) is 17.9. The van der Waals surface area contributed by atoms with Crippen LogP contribution >= 0.6 is 11.3 Å². The molecule has 10 nitrogen and oxygen atoms in total. The fourth-order valence-corrected chi connectivity index (χ4v) is 4.41. The molecule has 4 rings (SSSR count). The van der Waals surface area contributed by atoms with Gasteiger partial charge in [0.1, 0.15) is 11.5 Å². The smallest absolute Gasteiger partial charge is 0.359 e. The molecule has 33 heavy (non-hydrogen) atoms. The fourth-order valence-electron chi connectivity index (χ4n) is 3.46. The topological polar surface area (TPSA) is 128 Å². The first-order valence-electron chi connectivity index (χ1n) is 10.2. The molecule has 170 valence electrons.